The molecule has 1 aliphatic carbocycles. The second kappa shape index (κ2) is 3.97. The Morgan fingerprint density at radius 2 is 2.31 bits per heavy atom. The highest BCUT2D eigenvalue weighted by atomic mass is 15.2. The van der Waals surface area contributed by atoms with Gasteiger partial charge in [0, 0.05) is 25.2 Å². The van der Waals surface area contributed by atoms with Gasteiger partial charge in [-0.2, -0.15) is 0 Å². The molecule has 0 aromatic heterocycles. The van der Waals surface area contributed by atoms with Gasteiger partial charge in [-0.25, -0.2) is 0 Å². The Bertz CT molecular complexity index is 169. The molecule has 13 heavy (non-hydrogen) atoms. The van der Waals surface area contributed by atoms with Crippen LogP contribution in [0.25, 0.3) is 0 Å². The third kappa shape index (κ3) is 1.89. The summed E-state index contributed by atoms with van der Waals surface area (Å²) < 4.78 is 0. The van der Waals surface area contributed by atoms with Gasteiger partial charge in [-0.15, -0.1) is 0 Å². The van der Waals surface area contributed by atoms with Crippen molar-refractivity contribution in [1.29, 1.82) is 0 Å². The van der Waals surface area contributed by atoms with Crippen molar-refractivity contribution < 1.29 is 0 Å². The zero-order chi connectivity index (χ0) is 9.26. The van der Waals surface area contributed by atoms with Gasteiger partial charge in [-0.1, -0.05) is 6.92 Å². The van der Waals surface area contributed by atoms with E-state index in [-0.39, 0.29) is 0 Å². The summed E-state index contributed by atoms with van der Waals surface area (Å²) in [5.74, 6) is 1.04. The van der Waals surface area contributed by atoms with Crippen molar-refractivity contribution in [3.05, 3.63) is 0 Å². The van der Waals surface area contributed by atoms with Gasteiger partial charge in [0.25, 0.3) is 0 Å². The lowest BCUT2D eigenvalue weighted by molar-refractivity contribution is 0.157. The van der Waals surface area contributed by atoms with Gasteiger partial charge in [-0.05, 0) is 38.6 Å². The summed E-state index contributed by atoms with van der Waals surface area (Å²) in [6.07, 6.45) is 4.44. The van der Waals surface area contributed by atoms with E-state index in [1.165, 1.54) is 32.4 Å². The van der Waals surface area contributed by atoms with Gasteiger partial charge >= 0.3 is 0 Å². The van der Waals surface area contributed by atoms with Crippen LogP contribution in [0.4, 0.5) is 0 Å². The lowest BCUT2D eigenvalue weighted by Gasteiger charge is -2.32. The summed E-state index contributed by atoms with van der Waals surface area (Å²) in [6, 6.07) is 1.67. The third-order valence-corrected chi connectivity index (χ3v) is 3.71. The van der Waals surface area contributed by atoms with E-state index < -0.39 is 0 Å². The van der Waals surface area contributed by atoms with Crippen LogP contribution in [0, 0.1) is 5.92 Å². The number of fused-ring (bicyclic) bond motifs is 2. The van der Waals surface area contributed by atoms with Crippen molar-refractivity contribution >= 4 is 0 Å². The summed E-state index contributed by atoms with van der Waals surface area (Å²) in [6.45, 7) is 8.19. The van der Waals surface area contributed by atoms with Crippen LogP contribution in [0.5, 0.6) is 0 Å². The van der Waals surface area contributed by atoms with Gasteiger partial charge in [0.15, 0.2) is 0 Å². The summed E-state index contributed by atoms with van der Waals surface area (Å²) in [5.41, 5.74) is 0. The molecule has 76 valence electrons. The second-order valence-corrected chi connectivity index (χ2v) is 4.69. The fraction of sp³-hybridized carbons (Fsp3) is 1.00. The van der Waals surface area contributed by atoms with Crippen LogP contribution in [0.3, 0.4) is 0 Å². The predicted octanol–water partition coefficient (Wildman–Crippen LogP) is 1.47. The van der Waals surface area contributed by atoms with Gasteiger partial charge < -0.3 is 5.32 Å². The Balaban J connectivity index is 1.80. The quantitative estimate of drug-likeness (QED) is 0.708. The second-order valence-electron chi connectivity index (χ2n) is 4.69. The first-order chi connectivity index (χ1) is 6.31. The van der Waals surface area contributed by atoms with Crippen molar-refractivity contribution in [2.45, 2.75) is 45.2 Å². The highest BCUT2D eigenvalue weighted by molar-refractivity contribution is 4.94. The van der Waals surface area contributed by atoms with Gasteiger partial charge in [-0.3, -0.25) is 4.90 Å². The molecule has 1 saturated carbocycles. The molecule has 3 unspecified atom stereocenters. The first kappa shape index (κ1) is 9.47. The minimum atomic E-state index is 0.746. The van der Waals surface area contributed by atoms with Crippen LogP contribution in [-0.4, -0.2) is 36.6 Å². The van der Waals surface area contributed by atoms with E-state index in [0.29, 0.717) is 0 Å². The molecular weight excluding hydrogens is 160 g/mol. The summed E-state index contributed by atoms with van der Waals surface area (Å²) in [5, 5.41) is 3.44. The van der Waals surface area contributed by atoms with Crippen molar-refractivity contribution in [3.8, 4) is 0 Å². The molecule has 1 heterocycles. The van der Waals surface area contributed by atoms with Crippen LogP contribution in [-0.2, 0) is 0 Å². The van der Waals surface area contributed by atoms with E-state index in [1.54, 1.807) is 0 Å². The lowest BCUT2D eigenvalue weighted by Crippen LogP contribution is -2.44. The molecule has 0 radical (unpaired) electrons. The fourth-order valence-corrected chi connectivity index (χ4v) is 2.97. The first-order valence-electron chi connectivity index (χ1n) is 5.77. The summed E-state index contributed by atoms with van der Waals surface area (Å²) >= 11 is 0. The predicted molar refractivity (Wildman–Crippen MR) is 55.8 cm³/mol. The van der Waals surface area contributed by atoms with E-state index in [4.69, 9.17) is 0 Å². The molecule has 2 bridgehead atoms. The largest absolute Gasteiger partial charge is 0.315 e. The number of nitrogens with one attached hydrogen (secondary N) is 1. The average molecular weight is 182 g/mol. The summed E-state index contributed by atoms with van der Waals surface area (Å²) in [4.78, 5) is 2.72. The average Bonchev–Trinajstić information content (AvgIpc) is 2.74. The molecule has 2 heteroatoms. The number of likely N-dealkylation sites (tertiary alicyclic amines) is 1. The minimum absolute atomic E-state index is 0.746. The maximum Gasteiger partial charge on any atom is 0.0195 e. The highest BCUT2D eigenvalue weighted by Gasteiger charge is 2.39. The molecule has 1 N–H and O–H groups in total. The molecule has 2 aliphatic rings. The molecule has 2 rings (SSSR count). The van der Waals surface area contributed by atoms with E-state index >= 15 is 0 Å². The number of rotatable bonds is 4. The van der Waals surface area contributed by atoms with E-state index in [9.17, 15) is 0 Å². The smallest absolute Gasteiger partial charge is 0.0195 e. The van der Waals surface area contributed by atoms with Crippen LogP contribution in [0.2, 0.25) is 0 Å². The maximum atomic E-state index is 3.44. The van der Waals surface area contributed by atoms with Crippen molar-refractivity contribution in [2.24, 2.45) is 5.92 Å². The SMILES string of the molecule is CCNCC(C)N1CC2CCC1C2. The monoisotopic (exact) mass is 182 g/mol. The van der Waals surface area contributed by atoms with Crippen molar-refractivity contribution in [2.75, 3.05) is 19.6 Å². The highest BCUT2D eigenvalue weighted by Crippen LogP contribution is 2.38. The first-order valence-corrected chi connectivity index (χ1v) is 5.77. The third-order valence-electron chi connectivity index (χ3n) is 3.71. The van der Waals surface area contributed by atoms with Crippen molar-refractivity contribution in [1.82, 2.24) is 10.2 Å². The van der Waals surface area contributed by atoms with E-state index in [2.05, 4.69) is 24.1 Å². The molecular formula is C11H22N2. The Labute approximate surface area is 81.7 Å². The molecule has 0 aromatic carbocycles. The van der Waals surface area contributed by atoms with Crippen LogP contribution < -0.4 is 5.32 Å². The zero-order valence-corrected chi connectivity index (χ0v) is 8.92. The molecule has 2 fully saturated rings. The molecule has 3 atom stereocenters. The molecule has 1 aliphatic heterocycles. The Hall–Kier alpha value is -0.0800. The minimum Gasteiger partial charge on any atom is -0.315 e. The Kier molecular flexibility index (Phi) is 2.89. The molecule has 0 aromatic rings. The van der Waals surface area contributed by atoms with Gasteiger partial charge in [0.2, 0.25) is 0 Å². The Morgan fingerprint density at radius 3 is 2.85 bits per heavy atom. The van der Waals surface area contributed by atoms with Crippen LogP contribution in [0.1, 0.15) is 33.1 Å². The molecule has 2 nitrogen and oxygen atoms in total. The summed E-state index contributed by atoms with van der Waals surface area (Å²) in [7, 11) is 0. The fourth-order valence-electron chi connectivity index (χ4n) is 2.97. The zero-order valence-electron chi connectivity index (χ0n) is 8.92. The lowest BCUT2D eigenvalue weighted by atomic mass is 10.1. The number of likely N-dealkylation sites (N-methyl/N-ethyl adjacent to an activating group) is 1. The number of piperidine rings is 1. The molecule has 0 amide bonds. The van der Waals surface area contributed by atoms with Gasteiger partial charge in [0.1, 0.15) is 0 Å². The standard InChI is InChI=1S/C11H22N2/c1-3-12-7-9(2)13-8-10-4-5-11(13)6-10/h9-12H,3-8H2,1-2H3. The van der Waals surface area contributed by atoms with Crippen LogP contribution >= 0.6 is 0 Å². The molecule has 1 saturated heterocycles. The number of nitrogens with zero attached hydrogens (tertiary/aromatic N) is 1. The molecule has 0 spiro atoms. The van der Waals surface area contributed by atoms with E-state index in [0.717, 1.165) is 24.5 Å². The number of hydrogen-bond donors (Lipinski definition) is 1. The van der Waals surface area contributed by atoms with Crippen LogP contribution in [0.15, 0.2) is 0 Å². The normalized spacial score (nSPS) is 35.5. The van der Waals surface area contributed by atoms with E-state index in [1.807, 2.05) is 0 Å². The number of hydrogen-bond acceptors (Lipinski definition) is 2. The topological polar surface area (TPSA) is 15.3 Å². The maximum absolute atomic E-state index is 3.44. The van der Waals surface area contributed by atoms with Gasteiger partial charge in [0.05, 0.1) is 0 Å². The van der Waals surface area contributed by atoms with Crippen molar-refractivity contribution in [3.63, 3.8) is 0 Å². The Morgan fingerprint density at radius 1 is 1.46 bits per heavy atom.